The normalized spacial score (nSPS) is 11.4. The van der Waals surface area contributed by atoms with E-state index in [0.29, 0.717) is 0 Å². The molecule has 6 heteroatoms. The van der Waals surface area contributed by atoms with Gasteiger partial charge in [0.15, 0.2) is 9.84 Å². The molecule has 1 radical (unpaired) electrons. The molecule has 1 aromatic rings. The zero-order chi connectivity index (χ0) is 12.2. The number of hydrogen-bond acceptors (Lipinski definition) is 5. The molecule has 1 rings (SSSR count). The highest BCUT2D eigenvalue weighted by atomic mass is 32.2. The zero-order valence-electron chi connectivity index (χ0n) is 8.92. The maximum atomic E-state index is 11.8. The molecule has 0 bridgehead atoms. The van der Waals surface area contributed by atoms with Gasteiger partial charge in [-0.3, -0.25) is 10.3 Å². The van der Waals surface area contributed by atoms with Gasteiger partial charge in [-0.1, -0.05) is 12.1 Å². The number of nitrogens with zero attached hydrogens (tertiary/aromatic N) is 1. The van der Waals surface area contributed by atoms with Crippen LogP contribution in [0.5, 0.6) is 0 Å². The molecule has 1 aromatic carbocycles. The van der Waals surface area contributed by atoms with Crippen LogP contribution in [0, 0.1) is 6.07 Å². The van der Waals surface area contributed by atoms with Crippen LogP contribution >= 0.6 is 0 Å². The van der Waals surface area contributed by atoms with Crippen molar-refractivity contribution in [2.75, 3.05) is 24.0 Å². The number of anilines is 1. The summed E-state index contributed by atoms with van der Waals surface area (Å²) in [7, 11) is -3.58. The van der Waals surface area contributed by atoms with Gasteiger partial charge in [-0.2, -0.15) is 0 Å². The Morgan fingerprint density at radius 3 is 2.75 bits per heavy atom. The second-order valence-corrected chi connectivity index (χ2v) is 5.22. The minimum atomic E-state index is -3.58. The van der Waals surface area contributed by atoms with Gasteiger partial charge in [0.2, 0.25) is 0 Å². The first-order valence-electron chi connectivity index (χ1n) is 4.83. The fourth-order valence-corrected chi connectivity index (χ4v) is 2.46. The van der Waals surface area contributed by atoms with Crippen molar-refractivity contribution in [3.63, 3.8) is 0 Å². The van der Waals surface area contributed by atoms with E-state index in [1.807, 2.05) is 0 Å². The Morgan fingerprint density at radius 1 is 1.50 bits per heavy atom. The summed E-state index contributed by atoms with van der Waals surface area (Å²) in [5, 5.41) is 19.0. The summed E-state index contributed by atoms with van der Waals surface area (Å²) in [6.45, 7) is 1.49. The van der Waals surface area contributed by atoms with Crippen molar-refractivity contribution in [3.8, 4) is 0 Å². The van der Waals surface area contributed by atoms with E-state index in [0.717, 1.165) is 5.06 Å². The highest BCUT2D eigenvalue weighted by Gasteiger charge is 2.20. The van der Waals surface area contributed by atoms with E-state index in [2.05, 4.69) is 6.07 Å². The van der Waals surface area contributed by atoms with Crippen LogP contribution in [0.1, 0.15) is 6.92 Å². The van der Waals surface area contributed by atoms with Crippen molar-refractivity contribution in [1.82, 2.24) is 0 Å². The molecule has 0 amide bonds. The standard InChI is InChI=1S/C10H14NO4S/c1-2-11(13)9-5-3-4-6-10(9)16(14,15)8-7-12/h3-4,6,12-13H,2,7-8H2,1H3. The Morgan fingerprint density at radius 2 is 2.19 bits per heavy atom. The molecule has 0 spiro atoms. The van der Waals surface area contributed by atoms with Crippen LogP contribution in [0.15, 0.2) is 23.1 Å². The molecule has 0 aliphatic rings. The summed E-state index contributed by atoms with van der Waals surface area (Å²) in [6, 6.07) is 7.10. The Bertz CT molecular complexity index is 444. The number of sulfone groups is 1. The van der Waals surface area contributed by atoms with Crippen LogP contribution in [0.25, 0.3) is 0 Å². The Hall–Kier alpha value is -1.11. The first-order valence-corrected chi connectivity index (χ1v) is 6.49. The number of para-hydroxylation sites is 1. The van der Waals surface area contributed by atoms with E-state index in [1.165, 1.54) is 18.2 Å². The predicted molar refractivity (Wildman–Crippen MR) is 59.2 cm³/mol. The van der Waals surface area contributed by atoms with E-state index < -0.39 is 16.4 Å². The van der Waals surface area contributed by atoms with E-state index in [1.54, 1.807) is 6.92 Å². The molecular weight excluding hydrogens is 230 g/mol. The van der Waals surface area contributed by atoms with E-state index in [-0.39, 0.29) is 22.9 Å². The molecule has 0 aliphatic heterocycles. The minimum absolute atomic E-state index is 0.0200. The summed E-state index contributed by atoms with van der Waals surface area (Å²) >= 11 is 0. The SMILES string of the molecule is CCN(O)c1[c]cccc1S(=O)(=O)CCO. The molecule has 0 unspecified atom stereocenters. The van der Waals surface area contributed by atoms with Gasteiger partial charge in [-0.25, -0.2) is 8.42 Å². The van der Waals surface area contributed by atoms with Crippen molar-refractivity contribution in [2.24, 2.45) is 0 Å². The third kappa shape index (κ3) is 2.72. The first-order chi connectivity index (χ1) is 7.53. The lowest BCUT2D eigenvalue weighted by Crippen LogP contribution is -2.21. The Labute approximate surface area is 94.8 Å². The average Bonchev–Trinajstić information content (AvgIpc) is 2.28. The number of benzene rings is 1. The molecule has 16 heavy (non-hydrogen) atoms. The monoisotopic (exact) mass is 244 g/mol. The number of rotatable bonds is 5. The number of aliphatic hydroxyl groups is 1. The second-order valence-electron chi connectivity index (χ2n) is 3.14. The van der Waals surface area contributed by atoms with E-state index in [4.69, 9.17) is 5.11 Å². The zero-order valence-corrected chi connectivity index (χ0v) is 9.74. The molecular formula is C10H14NO4S. The van der Waals surface area contributed by atoms with Gasteiger partial charge in [-0.05, 0) is 13.0 Å². The lowest BCUT2D eigenvalue weighted by atomic mass is 10.3. The average molecular weight is 244 g/mol. The molecule has 0 aromatic heterocycles. The van der Waals surface area contributed by atoms with Crippen molar-refractivity contribution in [3.05, 3.63) is 24.3 Å². The van der Waals surface area contributed by atoms with E-state index in [9.17, 15) is 13.6 Å². The largest absolute Gasteiger partial charge is 0.395 e. The molecule has 0 aliphatic carbocycles. The quantitative estimate of drug-likeness (QED) is 0.736. The molecule has 89 valence electrons. The number of hydroxylamine groups is 1. The Balaban J connectivity index is 3.23. The van der Waals surface area contributed by atoms with Gasteiger partial charge in [0.05, 0.1) is 22.9 Å². The van der Waals surface area contributed by atoms with Gasteiger partial charge in [0.25, 0.3) is 0 Å². The van der Waals surface area contributed by atoms with Gasteiger partial charge in [0.1, 0.15) is 0 Å². The van der Waals surface area contributed by atoms with Crippen LogP contribution in [-0.4, -0.2) is 37.6 Å². The van der Waals surface area contributed by atoms with Crippen LogP contribution in [0.3, 0.4) is 0 Å². The lowest BCUT2D eigenvalue weighted by molar-refractivity contribution is 0.257. The highest BCUT2D eigenvalue weighted by molar-refractivity contribution is 7.91. The maximum Gasteiger partial charge on any atom is 0.182 e. The van der Waals surface area contributed by atoms with Crippen molar-refractivity contribution >= 4 is 15.5 Å². The van der Waals surface area contributed by atoms with Crippen molar-refractivity contribution in [2.45, 2.75) is 11.8 Å². The van der Waals surface area contributed by atoms with Crippen LogP contribution in [0.4, 0.5) is 5.69 Å². The molecule has 0 heterocycles. The predicted octanol–water partition coefficient (Wildman–Crippen LogP) is 0.468. The molecule has 0 atom stereocenters. The topological polar surface area (TPSA) is 77.8 Å². The van der Waals surface area contributed by atoms with Crippen LogP contribution in [0.2, 0.25) is 0 Å². The first kappa shape index (κ1) is 13.0. The third-order valence-electron chi connectivity index (χ3n) is 2.05. The summed E-state index contributed by atoms with van der Waals surface area (Å²) in [6.07, 6.45) is 0. The second kappa shape index (κ2) is 5.29. The highest BCUT2D eigenvalue weighted by Crippen LogP contribution is 2.24. The molecule has 0 saturated heterocycles. The molecule has 0 fully saturated rings. The van der Waals surface area contributed by atoms with Gasteiger partial charge in [0, 0.05) is 12.6 Å². The smallest absolute Gasteiger partial charge is 0.182 e. The minimum Gasteiger partial charge on any atom is -0.395 e. The third-order valence-corrected chi connectivity index (χ3v) is 3.77. The lowest BCUT2D eigenvalue weighted by Gasteiger charge is -2.17. The molecule has 5 nitrogen and oxygen atoms in total. The number of aliphatic hydroxyl groups excluding tert-OH is 1. The summed E-state index contributed by atoms with van der Waals surface area (Å²) in [5.74, 6) is -0.366. The van der Waals surface area contributed by atoms with Crippen LogP contribution < -0.4 is 5.06 Å². The summed E-state index contributed by atoms with van der Waals surface area (Å²) < 4.78 is 23.5. The fraction of sp³-hybridized carbons (Fsp3) is 0.400. The van der Waals surface area contributed by atoms with Crippen molar-refractivity contribution < 1.29 is 18.7 Å². The van der Waals surface area contributed by atoms with Gasteiger partial charge in [-0.15, -0.1) is 0 Å². The maximum absolute atomic E-state index is 11.8. The number of hydrogen-bond donors (Lipinski definition) is 2. The van der Waals surface area contributed by atoms with Crippen molar-refractivity contribution in [1.29, 1.82) is 0 Å². The summed E-state index contributed by atoms with van der Waals surface area (Å²) in [4.78, 5) is -0.0200. The van der Waals surface area contributed by atoms with E-state index >= 15 is 0 Å². The van der Waals surface area contributed by atoms with Gasteiger partial charge >= 0.3 is 0 Å². The van der Waals surface area contributed by atoms with Crippen LogP contribution in [-0.2, 0) is 9.84 Å². The fourth-order valence-electron chi connectivity index (χ4n) is 1.25. The Kier molecular flexibility index (Phi) is 4.28. The summed E-state index contributed by atoms with van der Waals surface area (Å²) in [5.41, 5.74) is 0.110. The molecule has 0 saturated carbocycles. The van der Waals surface area contributed by atoms with Gasteiger partial charge < -0.3 is 5.11 Å². The molecule has 2 N–H and O–H groups in total.